The van der Waals surface area contributed by atoms with Gasteiger partial charge >= 0.3 is 0 Å². The van der Waals surface area contributed by atoms with E-state index in [9.17, 15) is 9.18 Å². The predicted octanol–water partition coefficient (Wildman–Crippen LogP) is 5.05. The number of methoxy groups -OCH3 is 1. The molecular formula is C21H20ClFN2O2. The van der Waals surface area contributed by atoms with Crippen LogP contribution in [0.15, 0.2) is 60.2 Å². The first-order chi connectivity index (χ1) is 12.8. The van der Waals surface area contributed by atoms with Gasteiger partial charge in [0.1, 0.15) is 0 Å². The fourth-order valence-electron chi connectivity index (χ4n) is 2.42. The third-order valence-electron chi connectivity index (χ3n) is 3.80. The molecule has 2 rings (SSSR count). The first-order valence-electron chi connectivity index (χ1n) is 8.10. The molecule has 0 heterocycles. The number of nitrogens with zero attached hydrogens (tertiary/aromatic N) is 2. The van der Waals surface area contributed by atoms with Crippen LogP contribution in [0.1, 0.15) is 18.1 Å². The van der Waals surface area contributed by atoms with Crippen molar-refractivity contribution in [1.82, 2.24) is 5.01 Å². The Morgan fingerprint density at radius 3 is 2.41 bits per heavy atom. The van der Waals surface area contributed by atoms with Crippen molar-refractivity contribution in [2.24, 2.45) is 5.10 Å². The van der Waals surface area contributed by atoms with Gasteiger partial charge < -0.3 is 4.74 Å². The maximum Gasteiger partial charge on any atom is 0.165 e. The highest BCUT2D eigenvalue weighted by Crippen LogP contribution is 2.28. The van der Waals surface area contributed by atoms with E-state index >= 15 is 0 Å². The smallest absolute Gasteiger partial charge is 0.165 e. The summed E-state index contributed by atoms with van der Waals surface area (Å²) >= 11 is 5.93. The number of hydrogen-bond acceptors (Lipinski definition) is 4. The number of rotatable bonds is 7. The molecule has 140 valence electrons. The Kier molecular flexibility index (Phi) is 6.91. The van der Waals surface area contributed by atoms with Gasteiger partial charge in [0, 0.05) is 17.6 Å². The molecule has 0 unspecified atom stereocenters. The molecule has 2 aromatic rings. The van der Waals surface area contributed by atoms with E-state index in [0.29, 0.717) is 28.1 Å². The number of hydrazone groups is 1. The van der Waals surface area contributed by atoms with Crippen LogP contribution in [0, 0.1) is 5.82 Å². The Labute approximate surface area is 163 Å². The van der Waals surface area contributed by atoms with Crippen molar-refractivity contribution in [3.05, 3.63) is 77.1 Å². The van der Waals surface area contributed by atoms with Crippen LogP contribution in [0.3, 0.4) is 0 Å². The lowest BCUT2D eigenvalue weighted by atomic mass is 10.0. The molecule has 0 bridgehead atoms. The van der Waals surface area contributed by atoms with Gasteiger partial charge in [-0.1, -0.05) is 30.3 Å². The van der Waals surface area contributed by atoms with Gasteiger partial charge in [0.25, 0.3) is 0 Å². The molecule has 6 heteroatoms. The summed E-state index contributed by atoms with van der Waals surface area (Å²) in [5.41, 5.74) is 2.96. The van der Waals surface area contributed by atoms with E-state index in [4.69, 9.17) is 16.3 Å². The molecule has 4 nitrogen and oxygen atoms in total. The van der Waals surface area contributed by atoms with E-state index in [0.717, 1.165) is 5.56 Å². The van der Waals surface area contributed by atoms with Gasteiger partial charge in [-0.2, -0.15) is 5.10 Å². The first kappa shape index (κ1) is 20.4. The lowest BCUT2D eigenvalue weighted by Crippen LogP contribution is -2.13. The number of carbonyl (C=O) groups is 1. The van der Waals surface area contributed by atoms with E-state index in [-0.39, 0.29) is 11.5 Å². The number of hydrogen-bond donors (Lipinski definition) is 0. The summed E-state index contributed by atoms with van der Waals surface area (Å²) in [4.78, 5) is 10.9. The number of carbonyl (C=O) groups excluding carboxylic acids is 1. The number of halogens is 2. The molecule has 0 aromatic heterocycles. The fourth-order valence-corrected chi connectivity index (χ4v) is 2.54. The second-order valence-corrected chi connectivity index (χ2v) is 6.23. The van der Waals surface area contributed by atoms with E-state index in [1.807, 2.05) is 12.1 Å². The Morgan fingerprint density at radius 2 is 1.85 bits per heavy atom. The largest absolute Gasteiger partial charge is 0.494 e. The van der Waals surface area contributed by atoms with Gasteiger partial charge in [-0.25, -0.2) is 4.39 Å². The summed E-state index contributed by atoms with van der Waals surface area (Å²) in [6.45, 7) is 5.66. The maximum atomic E-state index is 14.2. The van der Waals surface area contributed by atoms with Crippen LogP contribution >= 0.6 is 11.6 Å². The first-order valence-corrected chi connectivity index (χ1v) is 8.48. The van der Waals surface area contributed by atoms with Crippen LogP contribution in [0.4, 0.5) is 4.39 Å². The molecule has 0 aliphatic carbocycles. The summed E-state index contributed by atoms with van der Waals surface area (Å²) in [6.07, 6.45) is 2.42. The van der Waals surface area contributed by atoms with E-state index in [1.165, 1.54) is 24.3 Å². The molecular weight excluding hydrogens is 367 g/mol. The van der Waals surface area contributed by atoms with Crippen molar-refractivity contribution >= 4 is 34.9 Å². The van der Waals surface area contributed by atoms with Crippen LogP contribution in [-0.2, 0) is 4.79 Å². The molecule has 0 aliphatic rings. The zero-order valence-corrected chi connectivity index (χ0v) is 16.1. The lowest BCUT2D eigenvalue weighted by Gasteiger charge is -2.19. The van der Waals surface area contributed by atoms with Crippen molar-refractivity contribution in [2.75, 3.05) is 14.2 Å². The third-order valence-corrected chi connectivity index (χ3v) is 4.05. The molecule has 0 fully saturated rings. The van der Waals surface area contributed by atoms with Gasteiger partial charge in [0.15, 0.2) is 17.9 Å². The zero-order valence-electron chi connectivity index (χ0n) is 15.4. The normalized spacial score (nSPS) is 11.9. The van der Waals surface area contributed by atoms with Crippen LogP contribution in [0.5, 0.6) is 5.75 Å². The molecule has 0 radical (unpaired) electrons. The SMILES string of the molecule is C=C(/C=C(/c1ccc(OC)c(F)c1)N(C)/N=C(\C)C=O)c1ccc(Cl)cc1. The van der Waals surface area contributed by atoms with Gasteiger partial charge in [-0.3, -0.25) is 9.80 Å². The zero-order chi connectivity index (χ0) is 20.0. The number of allylic oxidation sites excluding steroid dienone is 2. The Balaban J connectivity index is 2.51. The second kappa shape index (κ2) is 9.14. The number of ether oxygens (including phenoxy) is 1. The van der Waals surface area contributed by atoms with Crippen molar-refractivity contribution in [3.8, 4) is 5.75 Å². The molecule has 0 aliphatic heterocycles. The highest BCUT2D eigenvalue weighted by atomic mass is 35.5. The molecule has 0 spiro atoms. The number of benzene rings is 2. The highest BCUT2D eigenvalue weighted by Gasteiger charge is 2.12. The fraction of sp³-hybridized carbons (Fsp3) is 0.143. The van der Waals surface area contributed by atoms with Gasteiger partial charge in [-0.05, 0) is 54.5 Å². The monoisotopic (exact) mass is 386 g/mol. The van der Waals surface area contributed by atoms with Gasteiger partial charge in [0.2, 0.25) is 0 Å². The van der Waals surface area contributed by atoms with Crippen LogP contribution in [-0.4, -0.2) is 31.2 Å². The van der Waals surface area contributed by atoms with Crippen LogP contribution < -0.4 is 4.74 Å². The van der Waals surface area contributed by atoms with Crippen molar-refractivity contribution in [2.45, 2.75) is 6.92 Å². The Morgan fingerprint density at radius 1 is 1.22 bits per heavy atom. The Hall–Kier alpha value is -2.92. The van der Waals surface area contributed by atoms with E-state index < -0.39 is 5.82 Å². The number of aldehydes is 1. The minimum absolute atomic E-state index is 0.143. The Bertz CT molecular complexity index is 905. The lowest BCUT2D eigenvalue weighted by molar-refractivity contribution is -0.102. The molecule has 0 saturated carbocycles. The summed E-state index contributed by atoms with van der Waals surface area (Å²) in [6, 6.07) is 11.8. The molecule has 0 saturated heterocycles. The summed E-state index contributed by atoms with van der Waals surface area (Å²) in [7, 11) is 3.08. The van der Waals surface area contributed by atoms with E-state index in [2.05, 4.69) is 11.7 Å². The van der Waals surface area contributed by atoms with Crippen molar-refractivity contribution < 1.29 is 13.9 Å². The average molecular weight is 387 g/mol. The van der Waals surface area contributed by atoms with Gasteiger partial charge in [-0.15, -0.1) is 0 Å². The predicted molar refractivity (Wildman–Crippen MR) is 108 cm³/mol. The van der Waals surface area contributed by atoms with Crippen LogP contribution in [0.2, 0.25) is 5.02 Å². The molecule has 0 atom stereocenters. The van der Waals surface area contributed by atoms with Crippen molar-refractivity contribution in [3.63, 3.8) is 0 Å². The summed E-state index contributed by atoms with van der Waals surface area (Å²) in [5, 5.41) is 6.33. The van der Waals surface area contributed by atoms with Gasteiger partial charge in [0.05, 0.1) is 18.5 Å². The van der Waals surface area contributed by atoms with E-state index in [1.54, 1.807) is 38.2 Å². The average Bonchev–Trinajstić information content (AvgIpc) is 2.66. The van der Waals surface area contributed by atoms with Crippen molar-refractivity contribution in [1.29, 1.82) is 0 Å². The second-order valence-electron chi connectivity index (χ2n) is 5.79. The quantitative estimate of drug-likeness (QED) is 0.289. The molecule has 27 heavy (non-hydrogen) atoms. The summed E-state index contributed by atoms with van der Waals surface area (Å²) in [5.74, 6) is -0.354. The minimum Gasteiger partial charge on any atom is -0.494 e. The molecule has 0 N–H and O–H groups in total. The minimum atomic E-state index is -0.498. The topological polar surface area (TPSA) is 41.9 Å². The molecule has 0 amide bonds. The third kappa shape index (κ3) is 5.28. The maximum absolute atomic E-state index is 14.2. The molecule has 2 aromatic carbocycles. The summed E-state index contributed by atoms with van der Waals surface area (Å²) < 4.78 is 19.2. The van der Waals surface area contributed by atoms with Crippen LogP contribution in [0.25, 0.3) is 11.3 Å². The highest BCUT2D eigenvalue weighted by molar-refractivity contribution is 6.30. The standard InChI is InChI=1S/C21H20ClFN2O2/c1-14(16-5-8-18(22)9-6-16)11-20(25(3)24-15(2)13-26)17-7-10-21(27-4)19(23)12-17/h5-13H,1H2,2-4H3/b20-11-,24-15+.